The van der Waals surface area contributed by atoms with Crippen LogP contribution >= 0.6 is 0 Å². The van der Waals surface area contributed by atoms with Gasteiger partial charge in [-0.3, -0.25) is 0 Å². The van der Waals surface area contributed by atoms with Crippen LogP contribution in [0.15, 0.2) is 36.5 Å². The first-order valence-corrected chi connectivity index (χ1v) is 5.44. The van der Waals surface area contributed by atoms with Crippen molar-refractivity contribution in [2.24, 2.45) is 0 Å². The minimum Gasteiger partial charge on any atom is -0.472 e. The van der Waals surface area contributed by atoms with Crippen LogP contribution in [0.1, 0.15) is 16.7 Å². The lowest BCUT2D eigenvalue weighted by Crippen LogP contribution is -2.02. The van der Waals surface area contributed by atoms with Crippen molar-refractivity contribution in [3.8, 4) is 11.9 Å². The fourth-order valence-corrected chi connectivity index (χ4v) is 1.54. The Morgan fingerprint density at radius 1 is 1.33 bits per heavy atom. The minimum atomic E-state index is -0.330. The fourth-order valence-electron chi connectivity index (χ4n) is 1.54. The van der Waals surface area contributed by atoms with Gasteiger partial charge in [-0.15, -0.1) is 0 Å². The third-order valence-corrected chi connectivity index (χ3v) is 2.56. The molecule has 3 nitrogen and oxygen atoms in total. The third kappa shape index (κ3) is 2.46. The highest BCUT2D eigenvalue weighted by molar-refractivity contribution is 5.43. The smallest absolute Gasteiger partial charge is 0.232 e. The molecular weight excluding hydrogens is 231 g/mol. The van der Waals surface area contributed by atoms with E-state index in [1.165, 1.54) is 6.07 Å². The molecule has 1 aromatic heterocycles. The molecule has 4 heteroatoms. The number of nitrogens with zero attached hydrogens (tertiary/aromatic N) is 2. The van der Waals surface area contributed by atoms with Crippen molar-refractivity contribution in [3.05, 3.63) is 59.0 Å². The molecule has 0 radical (unpaired) electrons. The van der Waals surface area contributed by atoms with Crippen LogP contribution in [-0.2, 0) is 6.61 Å². The summed E-state index contributed by atoms with van der Waals surface area (Å²) >= 11 is 0. The number of ether oxygens (including phenoxy) is 1. The number of aryl methyl sites for hydroxylation is 1. The Kier molecular flexibility index (Phi) is 3.54. The Balaban J connectivity index is 2.19. The molecular formula is C14H11FN2O. The number of hydrogen-bond acceptors (Lipinski definition) is 3. The molecule has 90 valence electrons. The third-order valence-electron chi connectivity index (χ3n) is 2.56. The molecule has 18 heavy (non-hydrogen) atoms. The zero-order chi connectivity index (χ0) is 13.0. The van der Waals surface area contributed by atoms with Crippen LogP contribution < -0.4 is 4.74 Å². The molecule has 0 bridgehead atoms. The lowest BCUT2D eigenvalue weighted by atomic mass is 10.2. The number of halogens is 1. The van der Waals surface area contributed by atoms with Gasteiger partial charge in [0.05, 0.1) is 0 Å². The van der Waals surface area contributed by atoms with Gasteiger partial charge in [-0.1, -0.05) is 18.2 Å². The van der Waals surface area contributed by atoms with E-state index in [4.69, 9.17) is 10.00 Å². The second-order valence-electron chi connectivity index (χ2n) is 3.80. The predicted octanol–water partition coefficient (Wildman–Crippen LogP) is 2.98. The summed E-state index contributed by atoms with van der Waals surface area (Å²) in [5.74, 6) is -0.0931. The van der Waals surface area contributed by atoms with Gasteiger partial charge in [0.1, 0.15) is 24.1 Å². The Hall–Kier alpha value is -2.41. The van der Waals surface area contributed by atoms with E-state index in [1.807, 2.05) is 6.07 Å². The van der Waals surface area contributed by atoms with Crippen LogP contribution in [-0.4, -0.2) is 4.98 Å². The second kappa shape index (κ2) is 5.28. The van der Waals surface area contributed by atoms with Crippen molar-refractivity contribution in [2.45, 2.75) is 13.5 Å². The molecule has 0 aliphatic carbocycles. The highest BCUT2D eigenvalue weighted by atomic mass is 19.1. The quantitative estimate of drug-likeness (QED) is 0.831. The van der Waals surface area contributed by atoms with E-state index in [-0.39, 0.29) is 18.3 Å². The van der Waals surface area contributed by atoms with E-state index in [1.54, 1.807) is 37.4 Å². The van der Waals surface area contributed by atoms with Crippen LogP contribution in [0.3, 0.4) is 0 Å². The first-order chi connectivity index (χ1) is 8.72. The molecule has 0 unspecified atom stereocenters. The minimum absolute atomic E-state index is 0.0534. The van der Waals surface area contributed by atoms with Gasteiger partial charge in [-0.25, -0.2) is 9.37 Å². The summed E-state index contributed by atoms with van der Waals surface area (Å²) in [5, 5.41) is 9.01. The average Bonchev–Trinajstić information content (AvgIpc) is 2.38. The molecule has 0 aliphatic rings. The molecule has 0 amide bonds. The lowest BCUT2D eigenvalue weighted by Gasteiger charge is -2.08. The zero-order valence-corrected chi connectivity index (χ0v) is 9.85. The van der Waals surface area contributed by atoms with Gasteiger partial charge in [0.15, 0.2) is 0 Å². The Morgan fingerprint density at radius 3 is 2.83 bits per heavy atom. The standard InChI is InChI=1S/C14H11FN2O/c1-10-6-7-17-14(12(10)8-16)18-9-11-4-2-3-5-13(11)15/h2-7H,9H2,1H3. The SMILES string of the molecule is Cc1ccnc(OCc2ccccc2F)c1C#N. The molecule has 0 aliphatic heterocycles. The molecule has 0 fully saturated rings. The van der Waals surface area contributed by atoms with Crippen LogP contribution in [0.4, 0.5) is 4.39 Å². The van der Waals surface area contributed by atoms with Gasteiger partial charge in [0.25, 0.3) is 0 Å². The van der Waals surface area contributed by atoms with Crippen molar-refractivity contribution in [1.82, 2.24) is 4.98 Å². The summed E-state index contributed by atoms with van der Waals surface area (Å²) < 4.78 is 18.8. The number of aromatic nitrogens is 1. The Labute approximate surface area is 104 Å². The highest BCUT2D eigenvalue weighted by Gasteiger charge is 2.09. The molecule has 0 N–H and O–H groups in total. The van der Waals surface area contributed by atoms with Crippen LogP contribution in [0.2, 0.25) is 0 Å². The second-order valence-corrected chi connectivity index (χ2v) is 3.80. The van der Waals surface area contributed by atoms with Crippen molar-refractivity contribution in [3.63, 3.8) is 0 Å². The van der Waals surface area contributed by atoms with Crippen molar-refractivity contribution < 1.29 is 9.13 Å². The van der Waals surface area contributed by atoms with Crippen LogP contribution in [0.25, 0.3) is 0 Å². The summed E-state index contributed by atoms with van der Waals surface area (Å²) in [6, 6.07) is 10.1. The molecule has 0 saturated carbocycles. The van der Waals surface area contributed by atoms with E-state index < -0.39 is 0 Å². The van der Waals surface area contributed by atoms with Gasteiger partial charge < -0.3 is 4.74 Å². The van der Waals surface area contributed by atoms with Gasteiger partial charge in [-0.2, -0.15) is 5.26 Å². The number of hydrogen-bond donors (Lipinski definition) is 0. The van der Waals surface area contributed by atoms with E-state index in [0.717, 1.165) is 5.56 Å². The summed E-state index contributed by atoms with van der Waals surface area (Å²) in [4.78, 5) is 3.99. The lowest BCUT2D eigenvalue weighted by molar-refractivity contribution is 0.287. The van der Waals surface area contributed by atoms with E-state index in [9.17, 15) is 4.39 Å². The first-order valence-electron chi connectivity index (χ1n) is 5.44. The number of pyridine rings is 1. The maximum atomic E-state index is 13.4. The molecule has 1 heterocycles. The van der Waals surface area contributed by atoms with Gasteiger partial charge in [0, 0.05) is 11.8 Å². The predicted molar refractivity (Wildman–Crippen MR) is 64.4 cm³/mol. The van der Waals surface area contributed by atoms with Crippen molar-refractivity contribution >= 4 is 0 Å². The zero-order valence-electron chi connectivity index (χ0n) is 9.85. The Morgan fingerprint density at radius 2 is 2.11 bits per heavy atom. The summed E-state index contributed by atoms with van der Waals surface area (Å²) in [6.07, 6.45) is 1.56. The van der Waals surface area contributed by atoms with Crippen molar-refractivity contribution in [2.75, 3.05) is 0 Å². The first kappa shape index (κ1) is 12.1. The summed E-state index contributed by atoms with van der Waals surface area (Å²) in [5.41, 5.74) is 1.61. The number of rotatable bonds is 3. The molecule has 0 spiro atoms. The molecule has 1 aromatic carbocycles. The van der Waals surface area contributed by atoms with E-state index in [0.29, 0.717) is 11.1 Å². The number of nitriles is 1. The summed E-state index contributed by atoms with van der Waals surface area (Å²) in [7, 11) is 0. The van der Waals surface area contributed by atoms with Gasteiger partial charge in [-0.05, 0) is 24.6 Å². The molecule has 0 atom stereocenters. The monoisotopic (exact) mass is 242 g/mol. The Bertz CT molecular complexity index is 605. The van der Waals surface area contributed by atoms with E-state index >= 15 is 0 Å². The average molecular weight is 242 g/mol. The van der Waals surface area contributed by atoms with Crippen LogP contribution in [0, 0.1) is 24.1 Å². The van der Waals surface area contributed by atoms with E-state index in [2.05, 4.69) is 4.98 Å². The number of benzene rings is 1. The van der Waals surface area contributed by atoms with Crippen molar-refractivity contribution in [1.29, 1.82) is 5.26 Å². The fraction of sp³-hybridized carbons (Fsp3) is 0.143. The highest BCUT2D eigenvalue weighted by Crippen LogP contribution is 2.19. The molecule has 2 rings (SSSR count). The molecule has 2 aromatic rings. The summed E-state index contributed by atoms with van der Waals surface area (Å²) in [6.45, 7) is 1.86. The maximum Gasteiger partial charge on any atom is 0.232 e. The van der Waals surface area contributed by atoms with Crippen LogP contribution in [0.5, 0.6) is 5.88 Å². The topological polar surface area (TPSA) is 45.9 Å². The molecule has 0 saturated heterocycles. The van der Waals surface area contributed by atoms with Gasteiger partial charge in [0.2, 0.25) is 5.88 Å². The van der Waals surface area contributed by atoms with Gasteiger partial charge >= 0.3 is 0 Å². The maximum absolute atomic E-state index is 13.4. The largest absolute Gasteiger partial charge is 0.472 e. The normalized spacial score (nSPS) is 9.83.